The zero-order valence-electron chi connectivity index (χ0n) is 17.1. The number of nitrogens with zero attached hydrogens (tertiary/aromatic N) is 1. The Kier molecular flexibility index (Phi) is 7.57. The Morgan fingerprint density at radius 1 is 1.15 bits per heavy atom. The number of amides is 1. The lowest BCUT2D eigenvalue weighted by Crippen LogP contribution is -2.43. The van der Waals surface area contributed by atoms with Crippen LogP contribution in [-0.4, -0.2) is 43.1 Å². The highest BCUT2D eigenvalue weighted by molar-refractivity contribution is 5.76. The normalized spacial score (nSPS) is 21.0. The van der Waals surface area contributed by atoms with Crippen molar-refractivity contribution in [3.8, 4) is 5.75 Å². The highest BCUT2D eigenvalue weighted by Gasteiger charge is 2.27. The van der Waals surface area contributed by atoms with Crippen molar-refractivity contribution in [1.29, 1.82) is 0 Å². The molecule has 1 amide bonds. The van der Waals surface area contributed by atoms with Gasteiger partial charge in [0.2, 0.25) is 5.91 Å². The first kappa shape index (κ1) is 20.2. The van der Waals surface area contributed by atoms with Gasteiger partial charge in [0.1, 0.15) is 5.75 Å². The Bertz CT molecular complexity index is 590. The van der Waals surface area contributed by atoms with E-state index in [9.17, 15) is 4.79 Å². The topological polar surface area (TPSA) is 41.6 Å². The third-order valence-corrected chi connectivity index (χ3v) is 6.34. The molecule has 1 atom stereocenters. The summed E-state index contributed by atoms with van der Waals surface area (Å²) < 4.78 is 5.42. The van der Waals surface area contributed by atoms with Gasteiger partial charge in [-0.1, -0.05) is 37.5 Å². The van der Waals surface area contributed by atoms with Crippen LogP contribution in [-0.2, 0) is 11.2 Å². The molecule has 150 valence electrons. The largest absolute Gasteiger partial charge is 0.496 e. The zero-order chi connectivity index (χ0) is 19.1. The minimum atomic E-state index is 0.121. The molecule has 1 aliphatic heterocycles. The second-order valence-electron chi connectivity index (χ2n) is 8.46. The van der Waals surface area contributed by atoms with Crippen molar-refractivity contribution in [2.24, 2.45) is 5.92 Å². The number of ether oxygens (including phenoxy) is 1. The SMILES string of the molecule is COc1ccccc1CC(C)NC(=O)CC1CCN(C2CCCCC2)CC1. The van der Waals surface area contributed by atoms with E-state index < -0.39 is 0 Å². The molecule has 2 aliphatic rings. The van der Waals surface area contributed by atoms with Gasteiger partial charge >= 0.3 is 0 Å². The maximum absolute atomic E-state index is 12.5. The third kappa shape index (κ3) is 5.97. The second-order valence-corrected chi connectivity index (χ2v) is 8.46. The van der Waals surface area contributed by atoms with Gasteiger partial charge < -0.3 is 15.0 Å². The summed E-state index contributed by atoms with van der Waals surface area (Å²) in [4.78, 5) is 15.2. The molecular formula is C23H36N2O2. The van der Waals surface area contributed by atoms with Crippen LogP contribution in [0.2, 0.25) is 0 Å². The second kappa shape index (κ2) is 10.1. The number of piperidine rings is 1. The van der Waals surface area contributed by atoms with Gasteiger partial charge in [-0.05, 0) is 69.7 Å². The van der Waals surface area contributed by atoms with Gasteiger partial charge in [-0.25, -0.2) is 0 Å². The number of likely N-dealkylation sites (tertiary alicyclic amines) is 1. The van der Waals surface area contributed by atoms with Crippen molar-refractivity contribution in [1.82, 2.24) is 10.2 Å². The van der Waals surface area contributed by atoms with Crippen molar-refractivity contribution in [3.05, 3.63) is 29.8 Å². The molecule has 1 aromatic carbocycles. The zero-order valence-corrected chi connectivity index (χ0v) is 17.1. The fourth-order valence-corrected chi connectivity index (χ4v) is 4.82. The van der Waals surface area contributed by atoms with E-state index in [2.05, 4.69) is 23.2 Å². The van der Waals surface area contributed by atoms with Gasteiger partial charge in [0.25, 0.3) is 0 Å². The summed E-state index contributed by atoms with van der Waals surface area (Å²) in [6.07, 6.45) is 10.8. The number of methoxy groups -OCH3 is 1. The smallest absolute Gasteiger partial charge is 0.220 e. The molecule has 1 saturated carbocycles. The van der Waals surface area contributed by atoms with Crippen molar-refractivity contribution in [3.63, 3.8) is 0 Å². The number of para-hydroxylation sites is 1. The molecule has 3 rings (SSSR count). The van der Waals surface area contributed by atoms with Crippen LogP contribution < -0.4 is 10.1 Å². The molecule has 1 heterocycles. The summed E-state index contributed by atoms with van der Waals surface area (Å²) in [7, 11) is 1.70. The van der Waals surface area contributed by atoms with Crippen LogP contribution in [0.5, 0.6) is 5.75 Å². The van der Waals surface area contributed by atoms with Crippen molar-refractivity contribution < 1.29 is 9.53 Å². The number of nitrogens with one attached hydrogen (secondary N) is 1. The number of benzene rings is 1. The van der Waals surface area contributed by atoms with Gasteiger partial charge in [0.15, 0.2) is 0 Å². The van der Waals surface area contributed by atoms with Crippen LogP contribution in [0.3, 0.4) is 0 Å². The van der Waals surface area contributed by atoms with Crippen LogP contribution in [0.25, 0.3) is 0 Å². The highest BCUT2D eigenvalue weighted by atomic mass is 16.5. The summed E-state index contributed by atoms with van der Waals surface area (Å²) in [5.74, 6) is 1.64. The van der Waals surface area contributed by atoms with E-state index in [1.807, 2.05) is 18.2 Å². The first-order chi connectivity index (χ1) is 13.2. The average Bonchev–Trinajstić information content (AvgIpc) is 2.69. The van der Waals surface area contributed by atoms with Crippen molar-refractivity contribution in [2.45, 2.75) is 76.8 Å². The molecule has 4 nitrogen and oxygen atoms in total. The van der Waals surface area contributed by atoms with Crippen LogP contribution >= 0.6 is 0 Å². The van der Waals surface area contributed by atoms with Crippen LogP contribution in [0.15, 0.2) is 24.3 Å². The van der Waals surface area contributed by atoms with E-state index in [4.69, 9.17) is 4.74 Å². The van der Waals surface area contributed by atoms with E-state index in [1.54, 1.807) is 7.11 Å². The molecule has 2 fully saturated rings. The Morgan fingerprint density at radius 2 is 1.85 bits per heavy atom. The fourth-order valence-electron chi connectivity index (χ4n) is 4.82. The Hall–Kier alpha value is -1.55. The first-order valence-corrected chi connectivity index (χ1v) is 10.8. The predicted octanol–water partition coefficient (Wildman–Crippen LogP) is 4.18. The highest BCUT2D eigenvalue weighted by Crippen LogP contribution is 2.28. The molecule has 0 aromatic heterocycles. The van der Waals surface area contributed by atoms with Crippen LogP contribution in [0.4, 0.5) is 0 Å². The quantitative estimate of drug-likeness (QED) is 0.781. The van der Waals surface area contributed by atoms with E-state index >= 15 is 0 Å². The Labute approximate surface area is 164 Å². The summed E-state index contributed by atoms with van der Waals surface area (Å²) in [6.45, 7) is 4.44. The minimum absolute atomic E-state index is 0.121. The molecule has 1 unspecified atom stereocenters. The minimum Gasteiger partial charge on any atom is -0.496 e. The molecule has 0 bridgehead atoms. The van der Waals surface area contributed by atoms with E-state index in [0.29, 0.717) is 12.3 Å². The molecule has 27 heavy (non-hydrogen) atoms. The van der Waals surface area contributed by atoms with E-state index in [1.165, 1.54) is 58.0 Å². The van der Waals surface area contributed by atoms with E-state index in [-0.39, 0.29) is 11.9 Å². The molecule has 1 saturated heterocycles. The summed E-state index contributed by atoms with van der Waals surface area (Å²) in [5, 5.41) is 3.19. The van der Waals surface area contributed by atoms with Gasteiger partial charge in [0.05, 0.1) is 7.11 Å². The molecule has 4 heteroatoms. The van der Waals surface area contributed by atoms with E-state index in [0.717, 1.165) is 23.8 Å². The average molecular weight is 373 g/mol. The van der Waals surface area contributed by atoms with Gasteiger partial charge in [-0.2, -0.15) is 0 Å². The number of rotatable bonds is 7. The van der Waals surface area contributed by atoms with Gasteiger partial charge in [0, 0.05) is 18.5 Å². The summed E-state index contributed by atoms with van der Waals surface area (Å²) in [6, 6.07) is 8.98. The van der Waals surface area contributed by atoms with Crippen molar-refractivity contribution >= 4 is 5.91 Å². The molecule has 0 radical (unpaired) electrons. The Balaban J connectivity index is 1.39. The molecule has 1 aromatic rings. The number of hydrogen-bond acceptors (Lipinski definition) is 3. The molecule has 1 N–H and O–H groups in total. The first-order valence-electron chi connectivity index (χ1n) is 10.8. The third-order valence-electron chi connectivity index (χ3n) is 6.34. The predicted molar refractivity (Wildman–Crippen MR) is 110 cm³/mol. The lowest BCUT2D eigenvalue weighted by atomic mass is 9.88. The standard InChI is InChI=1S/C23H36N2O2/c1-18(16-20-8-6-7-11-22(20)27-2)24-23(26)17-19-12-14-25(15-13-19)21-9-4-3-5-10-21/h6-8,11,18-19,21H,3-5,9-10,12-17H2,1-2H3,(H,24,26). The fraction of sp³-hybridized carbons (Fsp3) is 0.696. The Morgan fingerprint density at radius 3 is 2.56 bits per heavy atom. The van der Waals surface area contributed by atoms with Gasteiger partial charge in [-0.15, -0.1) is 0 Å². The molecular weight excluding hydrogens is 336 g/mol. The lowest BCUT2D eigenvalue weighted by molar-refractivity contribution is -0.123. The monoisotopic (exact) mass is 372 g/mol. The molecule has 1 aliphatic carbocycles. The number of hydrogen-bond donors (Lipinski definition) is 1. The van der Waals surface area contributed by atoms with Crippen LogP contribution in [0.1, 0.15) is 63.9 Å². The summed E-state index contributed by atoms with van der Waals surface area (Å²) >= 11 is 0. The van der Waals surface area contributed by atoms with Crippen molar-refractivity contribution in [2.75, 3.05) is 20.2 Å². The summed E-state index contributed by atoms with van der Waals surface area (Å²) in [5.41, 5.74) is 1.15. The van der Waals surface area contributed by atoms with Crippen LogP contribution in [0, 0.1) is 5.92 Å². The molecule has 0 spiro atoms. The number of carbonyl (C=O) groups excluding carboxylic acids is 1. The van der Waals surface area contributed by atoms with Gasteiger partial charge in [-0.3, -0.25) is 4.79 Å². The maximum Gasteiger partial charge on any atom is 0.220 e. The maximum atomic E-state index is 12.5. The number of carbonyl (C=O) groups is 1. The lowest BCUT2D eigenvalue weighted by Gasteiger charge is -2.39.